The van der Waals surface area contributed by atoms with E-state index in [0.29, 0.717) is 0 Å². The van der Waals surface area contributed by atoms with Crippen LogP contribution in [0.15, 0.2) is 66.2 Å². The Morgan fingerprint density at radius 1 is 0.821 bits per heavy atom. The molecule has 0 saturated heterocycles. The number of allylic oxidation sites excluding steroid dienone is 1. The summed E-state index contributed by atoms with van der Waals surface area (Å²) in [5, 5.41) is 2.67. The third kappa shape index (κ3) is 5.38. The van der Waals surface area contributed by atoms with Crippen LogP contribution in [0.2, 0.25) is 0 Å². The molecule has 3 aromatic carbocycles. The molecule has 4 rings (SSSR count). The van der Waals surface area contributed by atoms with Crippen molar-refractivity contribution in [1.82, 2.24) is 0 Å². The molecule has 0 fully saturated rings. The molecule has 1 aliphatic rings. The van der Waals surface area contributed by atoms with Crippen LogP contribution in [0.25, 0.3) is 28.0 Å². The molecule has 0 amide bonds. The molecule has 0 aliphatic heterocycles. The van der Waals surface area contributed by atoms with E-state index in [2.05, 4.69) is 73.7 Å². The number of hydrogen-bond acceptors (Lipinski definition) is 0. The summed E-state index contributed by atoms with van der Waals surface area (Å²) in [6.45, 7) is 2.28. The van der Waals surface area contributed by atoms with Gasteiger partial charge in [-0.2, -0.15) is 0 Å². The molecule has 0 nitrogen and oxygen atoms in total. The number of rotatable bonds is 6. The van der Waals surface area contributed by atoms with Gasteiger partial charge in [-0.3, -0.25) is 0 Å². The predicted molar refractivity (Wildman–Crippen MR) is 122 cm³/mol. The quantitative estimate of drug-likeness (QED) is 0.304. The second kappa shape index (κ2) is 11.3. The van der Waals surface area contributed by atoms with Crippen molar-refractivity contribution in [3.8, 4) is 11.1 Å². The van der Waals surface area contributed by atoms with Gasteiger partial charge in [0.2, 0.25) is 0 Å². The molecule has 0 N–H and O–H groups in total. The summed E-state index contributed by atoms with van der Waals surface area (Å²) in [4.78, 5) is 0. The fourth-order valence-corrected chi connectivity index (χ4v) is 4.07. The fourth-order valence-electron chi connectivity index (χ4n) is 4.07. The summed E-state index contributed by atoms with van der Waals surface area (Å²) < 4.78 is 0. The summed E-state index contributed by atoms with van der Waals surface area (Å²) in [6.07, 6.45) is 10.2. The standard InChI is InChI=1S/C25H26.2ClH.Zr/c1-2-3-4-5-10-19-17-21-13-9-16-24(25(21)18-19)23-15-8-12-20-11-6-7-14-22(20)23;;;/h6-9,11-16,18H,2-5,10,17H2,1H3;2*1H;/q;;;+2/p-2. The Labute approximate surface area is 187 Å². The Bertz CT molecular complexity index is 941. The van der Waals surface area contributed by atoms with Crippen molar-refractivity contribution in [3.63, 3.8) is 0 Å². The van der Waals surface area contributed by atoms with Crippen LogP contribution in [-0.4, -0.2) is 0 Å². The van der Waals surface area contributed by atoms with E-state index in [1.165, 1.54) is 65.1 Å². The molecule has 0 aromatic heterocycles. The molecule has 1 aliphatic carbocycles. The minimum atomic E-state index is -0.826. The Kier molecular flexibility index (Phi) is 8.84. The second-order valence-electron chi connectivity index (χ2n) is 7.27. The van der Waals surface area contributed by atoms with Crippen molar-refractivity contribution < 1.29 is 20.8 Å². The number of halogens is 2. The summed E-state index contributed by atoms with van der Waals surface area (Å²) in [7, 11) is 9.87. The van der Waals surface area contributed by atoms with Gasteiger partial charge in [-0.1, -0.05) is 98.5 Å². The van der Waals surface area contributed by atoms with Gasteiger partial charge < -0.3 is 0 Å². The molecular weight excluding hydrogens is 462 g/mol. The first-order chi connectivity index (χ1) is 13.8. The van der Waals surface area contributed by atoms with E-state index in [9.17, 15) is 0 Å². The third-order valence-corrected chi connectivity index (χ3v) is 5.39. The van der Waals surface area contributed by atoms with Crippen molar-refractivity contribution in [2.75, 3.05) is 0 Å². The van der Waals surface area contributed by atoms with Crippen LogP contribution in [0.1, 0.15) is 50.2 Å². The third-order valence-electron chi connectivity index (χ3n) is 5.39. The summed E-state index contributed by atoms with van der Waals surface area (Å²) in [5.74, 6) is 0. The molecular formula is C25H26Cl2Zr. The fraction of sp³-hybridized carbons (Fsp3) is 0.280. The van der Waals surface area contributed by atoms with Crippen molar-refractivity contribution in [3.05, 3.63) is 77.4 Å². The normalized spacial score (nSPS) is 12.2. The zero-order valence-electron chi connectivity index (χ0n) is 16.3. The summed E-state index contributed by atoms with van der Waals surface area (Å²) >= 11 is -0.826. The molecule has 28 heavy (non-hydrogen) atoms. The van der Waals surface area contributed by atoms with E-state index in [-0.39, 0.29) is 0 Å². The maximum absolute atomic E-state index is 4.93. The molecule has 144 valence electrons. The van der Waals surface area contributed by atoms with Crippen molar-refractivity contribution in [1.29, 1.82) is 0 Å². The van der Waals surface area contributed by atoms with E-state index in [4.69, 9.17) is 17.0 Å². The average molecular weight is 489 g/mol. The number of benzene rings is 3. The molecule has 0 saturated carbocycles. The predicted octanol–water partition coefficient (Wildman–Crippen LogP) is 8.79. The SMILES string of the molecule is CCCCCCC1=Cc2c(cccc2-c2cccc3ccccc23)C1.[Cl][Zr][Cl]. The van der Waals surface area contributed by atoms with Crippen LogP contribution in [-0.2, 0) is 27.3 Å². The Balaban J connectivity index is 0.000000706. The van der Waals surface area contributed by atoms with Crippen LogP contribution in [0.5, 0.6) is 0 Å². The van der Waals surface area contributed by atoms with Crippen LogP contribution in [0.4, 0.5) is 0 Å². The zero-order valence-corrected chi connectivity index (χ0v) is 20.3. The van der Waals surface area contributed by atoms with Gasteiger partial charge in [-0.25, -0.2) is 0 Å². The van der Waals surface area contributed by atoms with Gasteiger partial charge in [0, 0.05) is 0 Å². The van der Waals surface area contributed by atoms with Crippen molar-refractivity contribution in [2.45, 2.75) is 45.4 Å². The molecule has 0 atom stereocenters. The van der Waals surface area contributed by atoms with Crippen LogP contribution in [0.3, 0.4) is 0 Å². The summed E-state index contributed by atoms with van der Waals surface area (Å²) in [5.41, 5.74) is 7.30. The van der Waals surface area contributed by atoms with E-state index in [1.807, 2.05) is 0 Å². The molecule has 0 radical (unpaired) electrons. The average Bonchev–Trinajstić information content (AvgIpc) is 3.14. The van der Waals surface area contributed by atoms with Gasteiger partial charge >= 0.3 is 37.9 Å². The molecule has 0 unspecified atom stereocenters. The molecule has 0 bridgehead atoms. The summed E-state index contributed by atoms with van der Waals surface area (Å²) in [6, 6.07) is 22.2. The topological polar surface area (TPSA) is 0 Å². The van der Waals surface area contributed by atoms with Gasteiger partial charge in [-0.05, 0) is 52.3 Å². The molecule has 0 heterocycles. The van der Waals surface area contributed by atoms with Crippen LogP contribution < -0.4 is 0 Å². The minimum absolute atomic E-state index is 0.826. The first-order valence-corrected chi connectivity index (χ1v) is 16.4. The number of fused-ring (bicyclic) bond motifs is 2. The van der Waals surface area contributed by atoms with Crippen LogP contribution in [0, 0.1) is 0 Å². The first kappa shape index (κ1) is 21.8. The van der Waals surface area contributed by atoms with Gasteiger partial charge in [0.05, 0.1) is 0 Å². The van der Waals surface area contributed by atoms with Gasteiger partial charge in [-0.15, -0.1) is 0 Å². The molecule has 3 heteroatoms. The van der Waals surface area contributed by atoms with Gasteiger partial charge in [0.15, 0.2) is 0 Å². The van der Waals surface area contributed by atoms with Crippen molar-refractivity contribution >= 4 is 33.9 Å². The van der Waals surface area contributed by atoms with Crippen LogP contribution >= 0.6 is 17.0 Å². The first-order valence-electron chi connectivity index (χ1n) is 10.0. The number of unbranched alkanes of at least 4 members (excludes halogenated alkanes) is 3. The van der Waals surface area contributed by atoms with E-state index in [0.717, 1.165) is 6.42 Å². The number of hydrogen-bond donors (Lipinski definition) is 0. The Hall–Kier alpha value is -0.877. The Morgan fingerprint density at radius 2 is 1.54 bits per heavy atom. The van der Waals surface area contributed by atoms with E-state index >= 15 is 0 Å². The van der Waals surface area contributed by atoms with E-state index in [1.54, 1.807) is 5.57 Å². The monoisotopic (exact) mass is 486 g/mol. The van der Waals surface area contributed by atoms with E-state index < -0.39 is 20.8 Å². The van der Waals surface area contributed by atoms with Gasteiger partial charge in [0.1, 0.15) is 0 Å². The second-order valence-corrected chi connectivity index (χ2v) is 11.0. The molecule has 3 aromatic rings. The zero-order chi connectivity index (χ0) is 19.8. The van der Waals surface area contributed by atoms with Gasteiger partial charge in [0.25, 0.3) is 0 Å². The van der Waals surface area contributed by atoms with Crippen molar-refractivity contribution in [2.24, 2.45) is 0 Å². The molecule has 0 spiro atoms. The Morgan fingerprint density at radius 3 is 2.36 bits per heavy atom. The maximum atomic E-state index is 4.93.